The summed E-state index contributed by atoms with van der Waals surface area (Å²) in [6.07, 6.45) is 0. The van der Waals surface area contributed by atoms with Crippen molar-refractivity contribution < 1.29 is 4.42 Å². The van der Waals surface area contributed by atoms with E-state index in [1.54, 1.807) is 0 Å². The first-order valence-electron chi connectivity index (χ1n) is 5.71. The van der Waals surface area contributed by atoms with Gasteiger partial charge in [-0.3, -0.25) is 0 Å². The van der Waals surface area contributed by atoms with E-state index in [1.807, 2.05) is 20.9 Å². The quantitative estimate of drug-likeness (QED) is 0.821. The van der Waals surface area contributed by atoms with Crippen LogP contribution in [-0.4, -0.2) is 7.05 Å². The molecule has 1 aromatic heterocycles. The summed E-state index contributed by atoms with van der Waals surface area (Å²) < 4.78 is 5.59. The fraction of sp³-hybridized carbons (Fsp3) is 0.692. The van der Waals surface area contributed by atoms with E-state index in [2.05, 4.69) is 32.2 Å². The molecule has 0 aromatic carbocycles. The average molecular weight is 209 g/mol. The van der Waals surface area contributed by atoms with Crippen molar-refractivity contribution in [3.05, 3.63) is 23.2 Å². The highest BCUT2D eigenvalue weighted by molar-refractivity contribution is 5.24. The molecule has 2 heteroatoms. The molecule has 2 nitrogen and oxygen atoms in total. The fourth-order valence-electron chi connectivity index (χ4n) is 2.05. The molecular weight excluding hydrogens is 186 g/mol. The zero-order valence-corrected chi connectivity index (χ0v) is 10.7. The summed E-state index contributed by atoms with van der Waals surface area (Å²) in [5.41, 5.74) is 1.30. The van der Waals surface area contributed by atoms with Gasteiger partial charge in [0.1, 0.15) is 11.5 Å². The minimum atomic E-state index is 0.391. The highest BCUT2D eigenvalue weighted by Gasteiger charge is 2.23. The number of hydrogen-bond acceptors (Lipinski definition) is 2. The minimum absolute atomic E-state index is 0.391. The lowest BCUT2D eigenvalue weighted by Crippen LogP contribution is -2.26. The van der Waals surface area contributed by atoms with Crippen LogP contribution >= 0.6 is 0 Å². The van der Waals surface area contributed by atoms with Crippen molar-refractivity contribution in [2.75, 3.05) is 7.05 Å². The largest absolute Gasteiger partial charge is 0.466 e. The van der Waals surface area contributed by atoms with Gasteiger partial charge in [-0.2, -0.15) is 0 Å². The van der Waals surface area contributed by atoms with Crippen molar-refractivity contribution in [3.63, 3.8) is 0 Å². The van der Waals surface area contributed by atoms with Crippen LogP contribution in [0.4, 0.5) is 0 Å². The molecule has 1 N–H and O–H groups in total. The molecule has 1 rings (SSSR count). The van der Waals surface area contributed by atoms with E-state index in [0.717, 1.165) is 11.5 Å². The molecule has 0 amide bonds. The van der Waals surface area contributed by atoms with Crippen molar-refractivity contribution >= 4 is 0 Å². The number of aryl methyl sites for hydroxylation is 2. The predicted molar refractivity (Wildman–Crippen MR) is 64.0 cm³/mol. The second-order valence-electron chi connectivity index (χ2n) is 4.74. The second-order valence-corrected chi connectivity index (χ2v) is 4.74. The first-order chi connectivity index (χ1) is 6.97. The Morgan fingerprint density at radius 1 is 1.20 bits per heavy atom. The molecule has 1 heterocycles. The highest BCUT2D eigenvalue weighted by atomic mass is 16.3. The van der Waals surface area contributed by atoms with Crippen LogP contribution in [0.5, 0.6) is 0 Å². The van der Waals surface area contributed by atoms with Gasteiger partial charge in [0.2, 0.25) is 0 Å². The Morgan fingerprint density at radius 3 is 2.13 bits per heavy atom. The van der Waals surface area contributed by atoms with Crippen LogP contribution in [0.1, 0.15) is 43.9 Å². The zero-order valence-electron chi connectivity index (χ0n) is 10.7. The van der Waals surface area contributed by atoms with Gasteiger partial charge in [-0.05, 0) is 38.8 Å². The van der Waals surface area contributed by atoms with Crippen molar-refractivity contribution in [1.82, 2.24) is 5.32 Å². The van der Waals surface area contributed by atoms with Gasteiger partial charge < -0.3 is 9.73 Å². The first-order valence-corrected chi connectivity index (χ1v) is 5.71. The Kier molecular flexibility index (Phi) is 3.97. The van der Waals surface area contributed by atoms with Gasteiger partial charge in [-0.1, -0.05) is 20.8 Å². The predicted octanol–water partition coefficient (Wildman–Crippen LogP) is 3.45. The third-order valence-electron chi connectivity index (χ3n) is 3.30. The van der Waals surface area contributed by atoms with Gasteiger partial charge in [0.15, 0.2) is 0 Å². The molecule has 1 aromatic rings. The molecule has 0 saturated carbocycles. The molecule has 0 aliphatic carbocycles. The van der Waals surface area contributed by atoms with Crippen LogP contribution in [0, 0.1) is 25.7 Å². The van der Waals surface area contributed by atoms with Crippen molar-refractivity contribution in [1.29, 1.82) is 0 Å². The maximum Gasteiger partial charge on any atom is 0.105 e. The Labute approximate surface area is 93.1 Å². The molecule has 86 valence electrons. The standard InChI is InChI=1S/C13H23NO/c1-8(2)10(4)13(14-6)12-7-9(3)15-11(12)5/h7-8,10,13-14H,1-6H3. The molecule has 0 bridgehead atoms. The smallest absolute Gasteiger partial charge is 0.105 e. The van der Waals surface area contributed by atoms with E-state index in [0.29, 0.717) is 17.9 Å². The molecule has 15 heavy (non-hydrogen) atoms. The van der Waals surface area contributed by atoms with E-state index in [9.17, 15) is 0 Å². The zero-order chi connectivity index (χ0) is 11.6. The summed E-state index contributed by atoms with van der Waals surface area (Å²) in [6.45, 7) is 10.9. The molecule has 2 atom stereocenters. The fourth-order valence-corrected chi connectivity index (χ4v) is 2.05. The Morgan fingerprint density at radius 2 is 1.80 bits per heavy atom. The number of furan rings is 1. The third-order valence-corrected chi connectivity index (χ3v) is 3.30. The highest BCUT2D eigenvalue weighted by Crippen LogP contribution is 2.30. The van der Waals surface area contributed by atoms with E-state index in [-0.39, 0.29) is 0 Å². The summed E-state index contributed by atoms with van der Waals surface area (Å²) in [5.74, 6) is 3.31. The van der Waals surface area contributed by atoms with Crippen LogP contribution in [0.25, 0.3) is 0 Å². The molecule has 0 aliphatic rings. The van der Waals surface area contributed by atoms with Crippen LogP contribution < -0.4 is 5.32 Å². The van der Waals surface area contributed by atoms with Crippen molar-refractivity contribution in [2.45, 2.75) is 40.7 Å². The van der Waals surface area contributed by atoms with Gasteiger partial charge in [0, 0.05) is 11.6 Å². The van der Waals surface area contributed by atoms with E-state index >= 15 is 0 Å². The lowest BCUT2D eigenvalue weighted by molar-refractivity contribution is 0.313. The Bertz CT molecular complexity index is 314. The Hall–Kier alpha value is -0.760. The van der Waals surface area contributed by atoms with Gasteiger partial charge in [0.25, 0.3) is 0 Å². The van der Waals surface area contributed by atoms with E-state index in [1.165, 1.54) is 5.56 Å². The first kappa shape index (κ1) is 12.3. The van der Waals surface area contributed by atoms with Gasteiger partial charge in [0.05, 0.1) is 0 Å². The SMILES string of the molecule is CNC(c1cc(C)oc1C)C(C)C(C)C. The Balaban J connectivity index is 2.96. The lowest BCUT2D eigenvalue weighted by Gasteiger charge is -2.26. The topological polar surface area (TPSA) is 25.2 Å². The molecule has 0 aliphatic heterocycles. The maximum atomic E-state index is 5.59. The number of hydrogen-bond donors (Lipinski definition) is 1. The summed E-state index contributed by atoms with van der Waals surface area (Å²) in [7, 11) is 2.02. The third kappa shape index (κ3) is 2.63. The van der Waals surface area contributed by atoms with Gasteiger partial charge in [-0.15, -0.1) is 0 Å². The van der Waals surface area contributed by atoms with Crippen molar-refractivity contribution in [2.24, 2.45) is 11.8 Å². The molecular formula is C13H23NO. The van der Waals surface area contributed by atoms with Crippen LogP contribution in [0.3, 0.4) is 0 Å². The molecule has 2 unspecified atom stereocenters. The summed E-state index contributed by atoms with van der Waals surface area (Å²) in [5, 5.41) is 3.39. The molecule has 0 radical (unpaired) electrons. The van der Waals surface area contributed by atoms with Crippen molar-refractivity contribution in [3.8, 4) is 0 Å². The average Bonchev–Trinajstić information content (AvgIpc) is 2.47. The van der Waals surface area contributed by atoms with Gasteiger partial charge >= 0.3 is 0 Å². The maximum absolute atomic E-state index is 5.59. The van der Waals surface area contributed by atoms with Crippen LogP contribution in [0.2, 0.25) is 0 Å². The lowest BCUT2D eigenvalue weighted by atomic mass is 9.86. The monoisotopic (exact) mass is 209 g/mol. The van der Waals surface area contributed by atoms with Crippen LogP contribution in [0.15, 0.2) is 10.5 Å². The van der Waals surface area contributed by atoms with E-state index in [4.69, 9.17) is 4.42 Å². The van der Waals surface area contributed by atoms with E-state index < -0.39 is 0 Å². The summed E-state index contributed by atoms with van der Waals surface area (Å²) in [6, 6.07) is 2.54. The summed E-state index contributed by atoms with van der Waals surface area (Å²) >= 11 is 0. The second kappa shape index (κ2) is 4.84. The molecule has 0 fully saturated rings. The molecule has 0 saturated heterocycles. The summed E-state index contributed by atoms with van der Waals surface area (Å²) in [4.78, 5) is 0. The molecule has 0 spiro atoms. The minimum Gasteiger partial charge on any atom is -0.466 e. The van der Waals surface area contributed by atoms with Gasteiger partial charge in [-0.25, -0.2) is 0 Å². The number of rotatable bonds is 4. The van der Waals surface area contributed by atoms with Crippen LogP contribution in [-0.2, 0) is 0 Å². The normalized spacial score (nSPS) is 15.7. The number of nitrogens with one attached hydrogen (secondary N) is 1.